The van der Waals surface area contributed by atoms with Gasteiger partial charge < -0.3 is 14.6 Å². The van der Waals surface area contributed by atoms with Crippen LogP contribution in [0.4, 0.5) is 0 Å². The Morgan fingerprint density at radius 2 is 1.65 bits per heavy atom. The summed E-state index contributed by atoms with van der Waals surface area (Å²) >= 11 is 0. The molecule has 5 aliphatic carbocycles. The van der Waals surface area contributed by atoms with Crippen molar-refractivity contribution in [2.75, 3.05) is 0 Å². The van der Waals surface area contributed by atoms with Crippen LogP contribution >= 0.6 is 0 Å². The highest BCUT2D eigenvalue weighted by molar-refractivity contribution is 5.80. The average Bonchev–Trinajstić information content (AvgIpc) is 2.80. The third-order valence-corrected chi connectivity index (χ3v) is 12.7. The molecule has 0 aromatic carbocycles. The Hall–Kier alpha value is -1.91. The number of hydrogen-bond donors (Lipinski definition) is 1. The monoisotopic (exact) mass is 510 g/mol. The molecular formula is C32H46O5. The zero-order chi connectivity index (χ0) is 27.2. The van der Waals surface area contributed by atoms with Gasteiger partial charge in [0.2, 0.25) is 0 Å². The third kappa shape index (κ3) is 3.37. The highest BCUT2D eigenvalue weighted by atomic mass is 16.5. The third-order valence-electron chi connectivity index (χ3n) is 12.7. The highest BCUT2D eigenvalue weighted by Gasteiger charge is 2.68. The zero-order valence-corrected chi connectivity index (χ0v) is 23.9. The maximum atomic E-state index is 12.8. The number of aliphatic carboxylic acids is 1. The van der Waals surface area contributed by atoms with E-state index in [0.29, 0.717) is 12.8 Å². The number of carboxylic acids is 1. The van der Waals surface area contributed by atoms with E-state index in [-0.39, 0.29) is 45.6 Å². The minimum Gasteiger partial charge on any atom is -0.481 e. The number of ether oxygens (including phenoxy) is 1. The van der Waals surface area contributed by atoms with Crippen molar-refractivity contribution in [1.29, 1.82) is 0 Å². The molecule has 8 atom stereocenters. The molecule has 0 aromatic heterocycles. The standard InChI is InChI=1S/C32H46O5/c1-20(34)37-25-11-12-28(4)23(29(25,5)19-33)10-13-31(7)24(28)9-8-21-22-18-27(2,3)14-16-32(22,26(35)36)17-15-30(21,31)6/h8-9,19,23-25H,10-18H2,1-7H3,(H,35,36)/t23?,24?,25-,28+,29+,30-,31-,32+/m1/s1. The van der Waals surface area contributed by atoms with Crippen LogP contribution in [0.25, 0.3) is 0 Å². The lowest BCUT2D eigenvalue weighted by molar-refractivity contribution is -0.198. The van der Waals surface area contributed by atoms with Gasteiger partial charge in [-0.25, -0.2) is 0 Å². The van der Waals surface area contributed by atoms with Crippen LogP contribution in [-0.2, 0) is 19.1 Å². The first-order valence-electron chi connectivity index (χ1n) is 14.4. The molecule has 0 spiro atoms. The van der Waals surface area contributed by atoms with E-state index in [1.807, 2.05) is 6.92 Å². The highest BCUT2D eigenvalue weighted by Crippen LogP contribution is 2.74. The zero-order valence-electron chi connectivity index (χ0n) is 23.9. The lowest BCUT2D eigenvalue weighted by Gasteiger charge is -2.69. The number of rotatable bonds is 3. The Morgan fingerprint density at radius 1 is 0.973 bits per heavy atom. The molecule has 0 heterocycles. The molecule has 2 unspecified atom stereocenters. The molecule has 0 amide bonds. The second kappa shape index (κ2) is 8.05. The van der Waals surface area contributed by atoms with E-state index in [4.69, 9.17) is 4.74 Å². The maximum Gasteiger partial charge on any atom is 0.313 e. The molecule has 204 valence electrons. The lowest BCUT2D eigenvalue weighted by Crippen LogP contribution is -2.64. The van der Waals surface area contributed by atoms with Crippen molar-refractivity contribution in [1.82, 2.24) is 0 Å². The van der Waals surface area contributed by atoms with Crippen molar-refractivity contribution < 1.29 is 24.2 Å². The van der Waals surface area contributed by atoms with Gasteiger partial charge in [0, 0.05) is 6.92 Å². The summed E-state index contributed by atoms with van der Waals surface area (Å²) in [5.41, 5.74) is 0.929. The van der Waals surface area contributed by atoms with Crippen LogP contribution in [0.3, 0.4) is 0 Å². The molecule has 5 nitrogen and oxygen atoms in total. The van der Waals surface area contributed by atoms with Crippen molar-refractivity contribution in [3.8, 4) is 0 Å². The van der Waals surface area contributed by atoms with Crippen LogP contribution in [0.15, 0.2) is 23.3 Å². The smallest absolute Gasteiger partial charge is 0.313 e. The Morgan fingerprint density at radius 3 is 2.27 bits per heavy atom. The van der Waals surface area contributed by atoms with Gasteiger partial charge in [0.05, 0.1) is 10.8 Å². The summed E-state index contributed by atoms with van der Waals surface area (Å²) < 4.78 is 5.72. The van der Waals surface area contributed by atoms with Crippen molar-refractivity contribution >= 4 is 18.2 Å². The Balaban J connectivity index is 1.63. The number of carbonyl (C=O) groups excluding carboxylic acids is 2. The molecule has 1 N–H and O–H groups in total. The fraction of sp³-hybridized carbons (Fsp3) is 0.781. The summed E-state index contributed by atoms with van der Waals surface area (Å²) in [5.74, 6) is -0.552. The van der Waals surface area contributed by atoms with Crippen molar-refractivity contribution in [2.24, 2.45) is 44.3 Å². The van der Waals surface area contributed by atoms with Crippen LogP contribution in [-0.4, -0.2) is 29.4 Å². The summed E-state index contributed by atoms with van der Waals surface area (Å²) in [5, 5.41) is 10.5. The van der Waals surface area contributed by atoms with Crippen molar-refractivity contribution in [3.05, 3.63) is 23.3 Å². The van der Waals surface area contributed by atoms with E-state index in [1.54, 1.807) is 0 Å². The summed E-state index contributed by atoms with van der Waals surface area (Å²) in [6.07, 6.45) is 13.0. The maximum absolute atomic E-state index is 12.8. The van der Waals surface area contributed by atoms with Crippen molar-refractivity contribution in [2.45, 2.75) is 112 Å². The first kappa shape index (κ1) is 26.7. The molecule has 0 bridgehead atoms. The average molecular weight is 511 g/mol. The number of hydrogen-bond acceptors (Lipinski definition) is 4. The molecule has 5 heteroatoms. The van der Waals surface area contributed by atoms with Gasteiger partial charge in [-0.2, -0.15) is 0 Å². The van der Waals surface area contributed by atoms with Gasteiger partial charge in [0.15, 0.2) is 0 Å². The molecule has 3 fully saturated rings. The molecule has 0 aliphatic heterocycles. The summed E-state index contributed by atoms with van der Waals surface area (Å²) in [7, 11) is 0. The molecular weight excluding hydrogens is 464 g/mol. The molecule has 0 aromatic rings. The van der Waals surface area contributed by atoms with Gasteiger partial charge in [0.1, 0.15) is 12.4 Å². The first-order chi connectivity index (χ1) is 17.1. The number of esters is 1. The number of allylic oxidation sites excluding steroid dienone is 3. The second-order valence-corrected chi connectivity index (χ2v) is 14.9. The number of fused-ring (bicyclic) bond motifs is 6. The van der Waals surface area contributed by atoms with Gasteiger partial charge in [-0.05, 0) is 109 Å². The fourth-order valence-electron chi connectivity index (χ4n) is 10.2. The topological polar surface area (TPSA) is 80.7 Å². The molecule has 5 rings (SSSR count). The minimum absolute atomic E-state index is 0.0281. The van der Waals surface area contributed by atoms with Gasteiger partial charge >= 0.3 is 11.9 Å². The Kier molecular flexibility index (Phi) is 5.81. The van der Waals surface area contributed by atoms with Crippen molar-refractivity contribution in [3.63, 3.8) is 0 Å². The van der Waals surface area contributed by atoms with Gasteiger partial charge in [-0.3, -0.25) is 9.59 Å². The number of aldehydes is 1. The summed E-state index contributed by atoms with van der Waals surface area (Å²) in [6, 6.07) is 0. The predicted molar refractivity (Wildman–Crippen MR) is 143 cm³/mol. The lowest BCUT2D eigenvalue weighted by atomic mass is 9.35. The number of carbonyl (C=O) groups is 3. The molecule has 0 saturated heterocycles. The molecule has 0 radical (unpaired) electrons. The first-order valence-corrected chi connectivity index (χ1v) is 14.4. The quantitative estimate of drug-likeness (QED) is 0.330. The van der Waals surface area contributed by atoms with E-state index in [1.165, 1.54) is 18.1 Å². The van der Waals surface area contributed by atoms with Crippen LogP contribution in [0.5, 0.6) is 0 Å². The van der Waals surface area contributed by atoms with Crippen LogP contribution < -0.4 is 0 Å². The normalized spacial score (nSPS) is 48.1. The van der Waals surface area contributed by atoms with E-state index < -0.39 is 16.8 Å². The molecule has 5 aliphatic rings. The van der Waals surface area contributed by atoms with E-state index >= 15 is 0 Å². The van der Waals surface area contributed by atoms with Gasteiger partial charge in [0.25, 0.3) is 0 Å². The van der Waals surface area contributed by atoms with Gasteiger partial charge in [-0.15, -0.1) is 0 Å². The predicted octanol–water partition coefficient (Wildman–Crippen LogP) is 6.90. The van der Waals surface area contributed by atoms with E-state index in [0.717, 1.165) is 51.2 Å². The fourth-order valence-corrected chi connectivity index (χ4v) is 10.2. The number of carboxylic acid groups (broad SMARTS) is 1. The van der Waals surface area contributed by atoms with Crippen LogP contribution in [0.1, 0.15) is 106 Å². The van der Waals surface area contributed by atoms with Crippen LogP contribution in [0, 0.1) is 44.3 Å². The van der Waals surface area contributed by atoms with Crippen LogP contribution in [0.2, 0.25) is 0 Å². The Labute approximate surface area is 222 Å². The minimum atomic E-state index is -0.725. The summed E-state index contributed by atoms with van der Waals surface area (Å²) in [6.45, 7) is 15.2. The SMILES string of the molecule is CC(=O)O[C@@H]1CC[C@@]2(C)C(CC[C@]3(C)C2C=CC2=C4CC(C)(C)CC[C@]4(C(=O)O)CC[C@]23C)[C@]1(C)C=O. The van der Waals surface area contributed by atoms with E-state index in [2.05, 4.69) is 46.8 Å². The second-order valence-electron chi connectivity index (χ2n) is 14.9. The Bertz CT molecular complexity index is 1100. The molecule has 37 heavy (non-hydrogen) atoms. The van der Waals surface area contributed by atoms with E-state index in [9.17, 15) is 19.5 Å². The molecule has 3 saturated carbocycles. The van der Waals surface area contributed by atoms with Gasteiger partial charge in [-0.1, -0.05) is 46.8 Å². The largest absolute Gasteiger partial charge is 0.481 e. The summed E-state index contributed by atoms with van der Waals surface area (Å²) in [4.78, 5) is 37.3.